The molecule has 0 saturated heterocycles. The predicted octanol–water partition coefficient (Wildman–Crippen LogP) is 3.52. The molecule has 5 nitrogen and oxygen atoms in total. The lowest BCUT2D eigenvalue weighted by atomic mass is 10.0. The van der Waals surface area contributed by atoms with Crippen molar-refractivity contribution in [1.29, 1.82) is 0 Å². The van der Waals surface area contributed by atoms with E-state index in [1.807, 2.05) is 66.7 Å². The summed E-state index contributed by atoms with van der Waals surface area (Å²) in [6.07, 6.45) is 0. The van der Waals surface area contributed by atoms with E-state index >= 15 is 0 Å². The number of hydrogen-bond acceptors (Lipinski definition) is 4. The van der Waals surface area contributed by atoms with Crippen LogP contribution in [0.25, 0.3) is 10.8 Å². The lowest BCUT2D eigenvalue weighted by Crippen LogP contribution is -2.29. The van der Waals surface area contributed by atoms with E-state index in [-0.39, 0.29) is 11.6 Å². The van der Waals surface area contributed by atoms with Crippen molar-refractivity contribution >= 4 is 22.4 Å². The van der Waals surface area contributed by atoms with E-state index in [0.717, 1.165) is 22.1 Å². The normalized spacial score (nSPS) is 11.2. The number of rotatable bonds is 6. The van der Waals surface area contributed by atoms with Crippen LogP contribution in [0.15, 0.2) is 71.9 Å². The van der Waals surface area contributed by atoms with Crippen molar-refractivity contribution in [3.8, 4) is 5.75 Å². The molecule has 132 valence electrons. The number of carbonyl (C=O) groups is 1. The molecule has 0 unspecified atom stereocenters. The first kappa shape index (κ1) is 17.5. The maximum atomic E-state index is 12.1. The number of carbonyl (C=O) groups excluding carboxylic acids is 1. The number of benzene rings is 3. The Bertz CT molecular complexity index is 945. The predicted molar refractivity (Wildman–Crippen MR) is 102 cm³/mol. The van der Waals surface area contributed by atoms with Crippen molar-refractivity contribution < 1.29 is 14.4 Å². The zero-order valence-electron chi connectivity index (χ0n) is 14.7. The zero-order chi connectivity index (χ0) is 18.4. The van der Waals surface area contributed by atoms with Crippen LogP contribution in [0.5, 0.6) is 5.75 Å². The Morgan fingerprint density at radius 1 is 1.00 bits per heavy atom. The molecule has 26 heavy (non-hydrogen) atoms. The number of nitrogens with zero attached hydrogens (tertiary/aromatic N) is 1. The first-order valence-electron chi connectivity index (χ1n) is 8.26. The van der Waals surface area contributed by atoms with Crippen molar-refractivity contribution in [2.45, 2.75) is 6.61 Å². The lowest BCUT2D eigenvalue weighted by Gasteiger charge is -2.13. The van der Waals surface area contributed by atoms with E-state index in [1.54, 1.807) is 7.05 Å². The molecule has 0 aliphatic rings. The summed E-state index contributed by atoms with van der Waals surface area (Å²) in [5.41, 5.74) is 1.74. The highest BCUT2D eigenvalue weighted by atomic mass is 16.6. The number of fused-ring (bicyclic) bond motifs is 1. The van der Waals surface area contributed by atoms with E-state index in [0.29, 0.717) is 12.2 Å². The summed E-state index contributed by atoms with van der Waals surface area (Å²) in [6, 6.07) is 21.5. The third-order valence-electron chi connectivity index (χ3n) is 4.03. The summed E-state index contributed by atoms with van der Waals surface area (Å²) in [6.45, 7) is 0.309. The van der Waals surface area contributed by atoms with Crippen LogP contribution in [0.2, 0.25) is 0 Å². The first-order valence-corrected chi connectivity index (χ1v) is 8.26. The highest BCUT2D eigenvalue weighted by Crippen LogP contribution is 2.26. The number of likely N-dealkylation sites (N-methyl/N-ethyl adjacent to an activating group) is 1. The standard InChI is InChI=1S/C21H20N2O3/c1-22-21(24)20(23-25-2)18-12-6-4-9-16(18)14-26-19-13-7-10-15-8-3-5-11-17(15)19/h3-13H,14H2,1-2H3,(H,22,24)/b23-20-. The molecule has 0 bridgehead atoms. The fourth-order valence-electron chi connectivity index (χ4n) is 2.78. The van der Waals surface area contributed by atoms with Crippen LogP contribution in [-0.4, -0.2) is 25.8 Å². The first-order chi connectivity index (χ1) is 12.7. The number of hydrogen-bond donors (Lipinski definition) is 1. The smallest absolute Gasteiger partial charge is 0.273 e. The molecule has 3 aromatic carbocycles. The van der Waals surface area contributed by atoms with Gasteiger partial charge < -0.3 is 14.9 Å². The number of nitrogens with one attached hydrogen (secondary N) is 1. The molecule has 0 fully saturated rings. The second-order valence-electron chi connectivity index (χ2n) is 5.62. The molecular weight excluding hydrogens is 328 g/mol. The van der Waals surface area contributed by atoms with E-state index < -0.39 is 0 Å². The molecule has 1 N–H and O–H groups in total. The summed E-state index contributed by atoms with van der Waals surface area (Å²) in [5.74, 6) is 0.479. The number of oxime groups is 1. The van der Waals surface area contributed by atoms with Crippen LogP contribution in [0, 0.1) is 0 Å². The summed E-state index contributed by atoms with van der Waals surface area (Å²) in [7, 11) is 2.97. The molecule has 0 aliphatic heterocycles. The average Bonchev–Trinajstić information content (AvgIpc) is 2.70. The Morgan fingerprint density at radius 2 is 1.73 bits per heavy atom. The Balaban J connectivity index is 1.91. The van der Waals surface area contributed by atoms with Crippen molar-refractivity contribution in [3.63, 3.8) is 0 Å². The number of ether oxygens (including phenoxy) is 1. The van der Waals surface area contributed by atoms with Gasteiger partial charge in [0.05, 0.1) is 0 Å². The van der Waals surface area contributed by atoms with Gasteiger partial charge in [-0.1, -0.05) is 65.8 Å². The van der Waals surface area contributed by atoms with Gasteiger partial charge in [0.1, 0.15) is 19.5 Å². The Labute approximate surface area is 152 Å². The molecule has 3 aromatic rings. The van der Waals surface area contributed by atoms with Crippen LogP contribution in [0.1, 0.15) is 11.1 Å². The highest BCUT2D eigenvalue weighted by molar-refractivity contribution is 6.45. The van der Waals surface area contributed by atoms with Crippen LogP contribution in [-0.2, 0) is 16.2 Å². The maximum absolute atomic E-state index is 12.1. The fraction of sp³-hybridized carbons (Fsp3) is 0.143. The topological polar surface area (TPSA) is 59.9 Å². The van der Waals surface area contributed by atoms with Gasteiger partial charge in [-0.15, -0.1) is 0 Å². The molecular formula is C21H20N2O3. The van der Waals surface area contributed by atoms with Crippen molar-refractivity contribution in [3.05, 3.63) is 77.9 Å². The Hall–Kier alpha value is -3.34. The molecule has 0 heterocycles. The van der Waals surface area contributed by atoms with Gasteiger partial charge in [-0.2, -0.15) is 0 Å². The van der Waals surface area contributed by atoms with Crippen molar-refractivity contribution in [1.82, 2.24) is 5.32 Å². The maximum Gasteiger partial charge on any atom is 0.273 e. The lowest BCUT2D eigenvalue weighted by molar-refractivity contribution is -0.114. The van der Waals surface area contributed by atoms with E-state index in [9.17, 15) is 4.79 Å². The summed E-state index contributed by atoms with van der Waals surface area (Å²) in [4.78, 5) is 17.0. The van der Waals surface area contributed by atoms with Gasteiger partial charge in [0.2, 0.25) is 0 Å². The summed E-state index contributed by atoms with van der Waals surface area (Å²) >= 11 is 0. The van der Waals surface area contributed by atoms with Crippen LogP contribution in [0.4, 0.5) is 0 Å². The number of amides is 1. The van der Waals surface area contributed by atoms with E-state index in [1.165, 1.54) is 7.11 Å². The van der Waals surface area contributed by atoms with E-state index in [4.69, 9.17) is 9.57 Å². The second-order valence-corrected chi connectivity index (χ2v) is 5.62. The minimum atomic E-state index is -0.315. The largest absolute Gasteiger partial charge is 0.488 e. The molecule has 3 rings (SSSR count). The molecule has 0 aliphatic carbocycles. The Morgan fingerprint density at radius 3 is 2.54 bits per heavy atom. The van der Waals surface area contributed by atoms with Gasteiger partial charge in [0, 0.05) is 18.0 Å². The van der Waals surface area contributed by atoms with E-state index in [2.05, 4.69) is 10.5 Å². The van der Waals surface area contributed by atoms with Crippen LogP contribution < -0.4 is 10.1 Å². The quantitative estimate of drug-likeness (QED) is 0.548. The fourth-order valence-corrected chi connectivity index (χ4v) is 2.78. The van der Waals surface area contributed by atoms with Crippen molar-refractivity contribution in [2.24, 2.45) is 5.16 Å². The van der Waals surface area contributed by atoms with Gasteiger partial charge in [0.15, 0.2) is 5.71 Å². The third kappa shape index (κ3) is 3.67. The molecule has 0 spiro atoms. The summed E-state index contributed by atoms with van der Waals surface area (Å²) < 4.78 is 6.06. The van der Waals surface area contributed by atoms with Crippen LogP contribution >= 0.6 is 0 Å². The second kappa shape index (κ2) is 8.16. The molecule has 5 heteroatoms. The third-order valence-corrected chi connectivity index (χ3v) is 4.03. The molecule has 0 radical (unpaired) electrons. The highest BCUT2D eigenvalue weighted by Gasteiger charge is 2.17. The molecule has 0 aromatic heterocycles. The monoisotopic (exact) mass is 348 g/mol. The Kier molecular flexibility index (Phi) is 5.49. The van der Waals surface area contributed by atoms with Gasteiger partial charge in [-0.3, -0.25) is 4.79 Å². The zero-order valence-corrected chi connectivity index (χ0v) is 14.7. The average molecular weight is 348 g/mol. The van der Waals surface area contributed by atoms with Crippen molar-refractivity contribution in [2.75, 3.05) is 14.2 Å². The van der Waals surface area contributed by atoms with Gasteiger partial charge in [0.25, 0.3) is 5.91 Å². The molecule has 0 atom stereocenters. The van der Waals surface area contributed by atoms with Gasteiger partial charge >= 0.3 is 0 Å². The minimum Gasteiger partial charge on any atom is -0.488 e. The summed E-state index contributed by atoms with van der Waals surface area (Å²) in [5, 5.41) is 8.62. The SMILES string of the molecule is CNC(=O)/C(=N\OC)c1ccccc1COc1cccc2ccccc12. The van der Waals surface area contributed by atoms with Gasteiger partial charge in [-0.05, 0) is 17.0 Å². The molecule has 0 saturated carbocycles. The van der Waals surface area contributed by atoms with Gasteiger partial charge in [-0.25, -0.2) is 0 Å². The van der Waals surface area contributed by atoms with Crippen LogP contribution in [0.3, 0.4) is 0 Å². The minimum absolute atomic E-state index is 0.215. The molecule has 1 amide bonds.